The highest BCUT2D eigenvalue weighted by Gasteiger charge is 2.12. The summed E-state index contributed by atoms with van der Waals surface area (Å²) in [7, 11) is 0. The zero-order chi connectivity index (χ0) is 13.8. The van der Waals surface area contributed by atoms with Crippen LogP contribution < -0.4 is 11.1 Å². The Bertz CT molecular complexity index is 572. The highest BCUT2D eigenvalue weighted by Crippen LogP contribution is 2.17. The summed E-state index contributed by atoms with van der Waals surface area (Å²) in [6.45, 7) is 3.89. The molecule has 7 heteroatoms. The third-order valence-electron chi connectivity index (χ3n) is 2.73. The number of aromatic nitrogens is 1. The van der Waals surface area contributed by atoms with Crippen LogP contribution in [0.5, 0.6) is 0 Å². The van der Waals surface area contributed by atoms with Gasteiger partial charge in [-0.2, -0.15) is 0 Å². The Kier molecular flexibility index (Phi) is 8.32. The standard InChI is InChI=1S/C14H17N3OS.2ClH/c1-9-8-19-14(16-9)10(2)17-13(18)7-11-3-5-12(15)6-4-11;;/h3-6,8,10H,7,15H2,1-2H3,(H,17,18);2*1H. The Hall–Kier alpha value is -1.30. The molecule has 3 N–H and O–H groups in total. The van der Waals surface area contributed by atoms with E-state index in [-0.39, 0.29) is 36.8 Å². The molecule has 21 heavy (non-hydrogen) atoms. The van der Waals surface area contributed by atoms with Gasteiger partial charge in [0.05, 0.1) is 12.5 Å². The van der Waals surface area contributed by atoms with Gasteiger partial charge in [-0.1, -0.05) is 12.1 Å². The van der Waals surface area contributed by atoms with Crippen LogP contribution in [0.4, 0.5) is 5.69 Å². The highest BCUT2D eigenvalue weighted by molar-refractivity contribution is 7.09. The summed E-state index contributed by atoms with van der Waals surface area (Å²) in [5.74, 6) is -0.00914. The Morgan fingerprint density at radius 2 is 1.95 bits per heavy atom. The van der Waals surface area contributed by atoms with E-state index in [4.69, 9.17) is 5.73 Å². The number of rotatable bonds is 4. The van der Waals surface area contributed by atoms with Crippen LogP contribution in [0.25, 0.3) is 0 Å². The van der Waals surface area contributed by atoms with Crippen molar-refractivity contribution in [1.82, 2.24) is 10.3 Å². The quantitative estimate of drug-likeness (QED) is 0.833. The highest BCUT2D eigenvalue weighted by atomic mass is 35.5. The van der Waals surface area contributed by atoms with Crippen LogP contribution >= 0.6 is 36.2 Å². The number of nitrogens with one attached hydrogen (secondary N) is 1. The SMILES string of the molecule is Cc1csc(C(C)NC(=O)Cc2ccc(N)cc2)n1.Cl.Cl. The molecule has 0 spiro atoms. The average Bonchev–Trinajstić information content (AvgIpc) is 2.79. The minimum absolute atomic E-state index is 0. The van der Waals surface area contributed by atoms with Gasteiger partial charge < -0.3 is 11.1 Å². The maximum Gasteiger partial charge on any atom is 0.224 e. The van der Waals surface area contributed by atoms with Gasteiger partial charge in [-0.05, 0) is 31.5 Å². The maximum atomic E-state index is 11.9. The van der Waals surface area contributed by atoms with Gasteiger partial charge in [0.15, 0.2) is 0 Å². The first-order chi connectivity index (χ1) is 9.04. The van der Waals surface area contributed by atoms with E-state index in [2.05, 4.69) is 10.3 Å². The van der Waals surface area contributed by atoms with Gasteiger partial charge in [-0.3, -0.25) is 4.79 Å². The van der Waals surface area contributed by atoms with Crippen LogP contribution in [0.3, 0.4) is 0 Å². The smallest absolute Gasteiger partial charge is 0.224 e. The normalized spacial score (nSPS) is 11.0. The van der Waals surface area contributed by atoms with E-state index in [1.807, 2.05) is 31.4 Å². The largest absolute Gasteiger partial charge is 0.399 e. The third-order valence-corrected chi connectivity index (χ3v) is 3.87. The number of benzene rings is 1. The van der Waals surface area contributed by atoms with Crippen molar-refractivity contribution in [1.29, 1.82) is 0 Å². The van der Waals surface area contributed by atoms with Gasteiger partial charge in [0, 0.05) is 16.8 Å². The molecule has 1 amide bonds. The van der Waals surface area contributed by atoms with E-state index < -0.39 is 0 Å². The summed E-state index contributed by atoms with van der Waals surface area (Å²) >= 11 is 1.57. The van der Waals surface area contributed by atoms with Crippen LogP contribution in [0.1, 0.15) is 29.2 Å². The van der Waals surface area contributed by atoms with Crippen molar-refractivity contribution >= 4 is 47.7 Å². The molecular weight excluding hydrogens is 329 g/mol. The molecule has 0 fully saturated rings. The fraction of sp³-hybridized carbons (Fsp3) is 0.286. The molecule has 0 radical (unpaired) electrons. The van der Waals surface area contributed by atoms with Gasteiger partial charge in [0.1, 0.15) is 5.01 Å². The first-order valence-corrected chi connectivity index (χ1v) is 6.98. The number of nitrogen functional groups attached to an aromatic ring is 1. The Labute approximate surface area is 141 Å². The second-order valence-electron chi connectivity index (χ2n) is 4.53. The van der Waals surface area contributed by atoms with Crippen molar-refractivity contribution in [2.75, 3.05) is 5.73 Å². The molecule has 0 saturated carbocycles. The zero-order valence-corrected chi connectivity index (χ0v) is 14.3. The molecule has 0 bridgehead atoms. The summed E-state index contributed by atoms with van der Waals surface area (Å²) in [6, 6.07) is 7.28. The fourth-order valence-corrected chi connectivity index (χ4v) is 2.55. The second-order valence-corrected chi connectivity index (χ2v) is 5.42. The molecule has 0 aliphatic heterocycles. The van der Waals surface area contributed by atoms with E-state index >= 15 is 0 Å². The van der Waals surface area contributed by atoms with Gasteiger partial charge in [0.25, 0.3) is 0 Å². The van der Waals surface area contributed by atoms with Gasteiger partial charge in [0.2, 0.25) is 5.91 Å². The van der Waals surface area contributed by atoms with Gasteiger partial charge >= 0.3 is 0 Å². The molecule has 1 heterocycles. The molecule has 1 atom stereocenters. The van der Waals surface area contributed by atoms with Crippen LogP contribution in [0, 0.1) is 6.92 Å². The van der Waals surface area contributed by atoms with Crippen LogP contribution in [-0.2, 0) is 11.2 Å². The van der Waals surface area contributed by atoms with Crippen LogP contribution in [0.15, 0.2) is 29.6 Å². The number of hydrogen-bond donors (Lipinski definition) is 2. The van der Waals surface area contributed by atoms with E-state index in [1.165, 1.54) is 0 Å². The lowest BCUT2D eigenvalue weighted by molar-refractivity contribution is -0.121. The first-order valence-electron chi connectivity index (χ1n) is 6.10. The van der Waals surface area contributed by atoms with E-state index in [1.54, 1.807) is 23.5 Å². The number of amides is 1. The third kappa shape index (κ3) is 5.91. The van der Waals surface area contributed by atoms with E-state index in [9.17, 15) is 4.79 Å². The number of carbonyl (C=O) groups is 1. The predicted octanol–water partition coefficient (Wildman–Crippen LogP) is 3.30. The number of halogens is 2. The molecule has 2 aromatic rings. The average molecular weight is 348 g/mol. The Morgan fingerprint density at radius 3 is 2.48 bits per heavy atom. The van der Waals surface area contributed by atoms with Crippen molar-refractivity contribution in [3.05, 3.63) is 45.9 Å². The van der Waals surface area contributed by atoms with Crippen molar-refractivity contribution in [2.45, 2.75) is 26.3 Å². The number of thiazole rings is 1. The lowest BCUT2D eigenvalue weighted by atomic mass is 10.1. The lowest BCUT2D eigenvalue weighted by Crippen LogP contribution is -2.28. The van der Waals surface area contributed by atoms with Crippen molar-refractivity contribution in [3.63, 3.8) is 0 Å². The molecule has 1 aromatic heterocycles. The molecule has 2 rings (SSSR count). The minimum Gasteiger partial charge on any atom is -0.399 e. The molecule has 1 unspecified atom stereocenters. The predicted molar refractivity (Wildman–Crippen MR) is 92.5 cm³/mol. The topological polar surface area (TPSA) is 68.0 Å². The van der Waals surface area contributed by atoms with Crippen LogP contribution in [0.2, 0.25) is 0 Å². The Morgan fingerprint density at radius 1 is 1.33 bits per heavy atom. The summed E-state index contributed by atoms with van der Waals surface area (Å²) in [6.07, 6.45) is 0.356. The zero-order valence-electron chi connectivity index (χ0n) is 11.8. The molecule has 116 valence electrons. The van der Waals surface area contributed by atoms with Gasteiger partial charge in [-0.15, -0.1) is 36.2 Å². The number of anilines is 1. The number of nitrogens with two attached hydrogens (primary N) is 1. The van der Waals surface area contributed by atoms with E-state index in [0.29, 0.717) is 12.1 Å². The minimum atomic E-state index is -0.0556. The number of nitrogens with zero attached hydrogens (tertiary/aromatic N) is 1. The summed E-state index contributed by atoms with van der Waals surface area (Å²) in [5.41, 5.74) is 8.25. The van der Waals surface area contributed by atoms with Gasteiger partial charge in [-0.25, -0.2) is 4.98 Å². The maximum absolute atomic E-state index is 11.9. The Balaban J connectivity index is 0.00000200. The van der Waals surface area contributed by atoms with E-state index in [0.717, 1.165) is 16.3 Å². The molecule has 0 saturated heterocycles. The lowest BCUT2D eigenvalue weighted by Gasteiger charge is -2.11. The van der Waals surface area contributed by atoms with Crippen molar-refractivity contribution in [3.8, 4) is 0 Å². The van der Waals surface area contributed by atoms with Crippen molar-refractivity contribution < 1.29 is 4.79 Å². The summed E-state index contributed by atoms with van der Waals surface area (Å²) < 4.78 is 0. The molecular formula is C14H19Cl2N3OS. The molecule has 0 aliphatic carbocycles. The van der Waals surface area contributed by atoms with Crippen molar-refractivity contribution in [2.24, 2.45) is 0 Å². The molecule has 0 aliphatic rings. The summed E-state index contributed by atoms with van der Waals surface area (Å²) in [4.78, 5) is 16.3. The molecule has 1 aromatic carbocycles. The fourth-order valence-electron chi connectivity index (χ4n) is 1.75. The second kappa shape index (κ2) is 8.87. The monoisotopic (exact) mass is 347 g/mol. The molecule has 4 nitrogen and oxygen atoms in total. The number of hydrogen-bond acceptors (Lipinski definition) is 4. The summed E-state index contributed by atoms with van der Waals surface area (Å²) in [5, 5.41) is 5.87. The first kappa shape index (κ1) is 19.7. The number of aryl methyl sites for hydroxylation is 1. The number of carbonyl (C=O) groups excluding carboxylic acids is 1. The van der Waals surface area contributed by atoms with Crippen LogP contribution in [-0.4, -0.2) is 10.9 Å².